The number of hydrogen-bond donors (Lipinski definition) is 0. The molecule has 0 amide bonds. The van der Waals surface area contributed by atoms with Crippen molar-refractivity contribution < 1.29 is 0 Å². The van der Waals surface area contributed by atoms with Crippen molar-refractivity contribution in [1.29, 1.82) is 0 Å². The van der Waals surface area contributed by atoms with E-state index in [0.29, 0.717) is 0 Å². The SMILES string of the molecule is Cc1nc2ccccn2c1C. The Morgan fingerprint density at radius 1 is 1.27 bits per heavy atom. The van der Waals surface area contributed by atoms with Crippen molar-refractivity contribution >= 4 is 5.65 Å². The van der Waals surface area contributed by atoms with E-state index in [4.69, 9.17) is 0 Å². The van der Waals surface area contributed by atoms with E-state index in [1.807, 2.05) is 31.3 Å². The van der Waals surface area contributed by atoms with Gasteiger partial charge in [-0.1, -0.05) is 6.07 Å². The first-order valence-electron chi connectivity index (χ1n) is 3.69. The van der Waals surface area contributed by atoms with E-state index in [1.54, 1.807) is 0 Å². The number of pyridine rings is 1. The maximum Gasteiger partial charge on any atom is 0.137 e. The van der Waals surface area contributed by atoms with E-state index in [1.165, 1.54) is 5.69 Å². The average molecular weight is 146 g/mol. The third kappa shape index (κ3) is 0.827. The highest BCUT2D eigenvalue weighted by molar-refractivity contribution is 5.42. The summed E-state index contributed by atoms with van der Waals surface area (Å²) in [4.78, 5) is 4.38. The molecule has 2 nitrogen and oxygen atoms in total. The van der Waals surface area contributed by atoms with Gasteiger partial charge >= 0.3 is 0 Å². The van der Waals surface area contributed by atoms with Gasteiger partial charge in [-0.05, 0) is 26.0 Å². The lowest BCUT2D eigenvalue weighted by atomic mass is 10.4. The van der Waals surface area contributed by atoms with Crippen molar-refractivity contribution in [3.8, 4) is 0 Å². The number of rotatable bonds is 0. The minimum atomic E-state index is 1.03. The van der Waals surface area contributed by atoms with Crippen molar-refractivity contribution in [2.24, 2.45) is 0 Å². The lowest BCUT2D eigenvalue weighted by molar-refractivity contribution is 1.09. The van der Waals surface area contributed by atoms with Crippen LogP contribution in [0, 0.1) is 13.8 Å². The zero-order valence-electron chi connectivity index (χ0n) is 6.70. The fourth-order valence-electron chi connectivity index (χ4n) is 1.24. The first-order chi connectivity index (χ1) is 5.29. The van der Waals surface area contributed by atoms with Crippen molar-refractivity contribution in [3.05, 3.63) is 35.8 Å². The van der Waals surface area contributed by atoms with Crippen LogP contribution in [0.1, 0.15) is 11.4 Å². The number of hydrogen-bond acceptors (Lipinski definition) is 1. The highest BCUT2D eigenvalue weighted by Gasteiger charge is 2.00. The van der Waals surface area contributed by atoms with Gasteiger partial charge in [0.05, 0.1) is 5.69 Å². The lowest BCUT2D eigenvalue weighted by Crippen LogP contribution is -1.84. The minimum Gasteiger partial charge on any atom is -0.304 e. The van der Waals surface area contributed by atoms with E-state index >= 15 is 0 Å². The van der Waals surface area contributed by atoms with Gasteiger partial charge < -0.3 is 4.40 Å². The maximum atomic E-state index is 4.38. The van der Waals surface area contributed by atoms with E-state index in [0.717, 1.165) is 11.3 Å². The van der Waals surface area contributed by atoms with Gasteiger partial charge in [-0.3, -0.25) is 0 Å². The highest BCUT2D eigenvalue weighted by atomic mass is 15.0. The average Bonchev–Trinajstić information content (AvgIpc) is 2.30. The molecule has 0 aromatic carbocycles. The van der Waals surface area contributed by atoms with Crippen LogP contribution in [0.15, 0.2) is 24.4 Å². The molecular weight excluding hydrogens is 136 g/mol. The Kier molecular flexibility index (Phi) is 1.22. The summed E-state index contributed by atoms with van der Waals surface area (Å²) in [5.74, 6) is 0. The number of aryl methyl sites for hydroxylation is 2. The van der Waals surface area contributed by atoms with Gasteiger partial charge in [-0.15, -0.1) is 0 Å². The topological polar surface area (TPSA) is 17.3 Å². The van der Waals surface area contributed by atoms with Crippen LogP contribution in [0.5, 0.6) is 0 Å². The van der Waals surface area contributed by atoms with Gasteiger partial charge in [-0.2, -0.15) is 0 Å². The Hall–Kier alpha value is -1.31. The molecule has 2 heterocycles. The highest BCUT2D eigenvalue weighted by Crippen LogP contribution is 2.08. The second kappa shape index (κ2) is 2.09. The van der Waals surface area contributed by atoms with Crippen LogP contribution < -0.4 is 0 Å². The van der Waals surface area contributed by atoms with Gasteiger partial charge in [-0.25, -0.2) is 4.98 Å². The normalized spacial score (nSPS) is 10.7. The van der Waals surface area contributed by atoms with Crippen molar-refractivity contribution in [3.63, 3.8) is 0 Å². The first-order valence-corrected chi connectivity index (χ1v) is 3.69. The fourth-order valence-corrected chi connectivity index (χ4v) is 1.24. The fraction of sp³-hybridized carbons (Fsp3) is 0.222. The Morgan fingerprint density at radius 2 is 2.09 bits per heavy atom. The molecule has 2 heteroatoms. The molecule has 0 unspecified atom stereocenters. The van der Waals surface area contributed by atoms with E-state index < -0.39 is 0 Å². The van der Waals surface area contributed by atoms with Crippen molar-refractivity contribution in [2.75, 3.05) is 0 Å². The Labute approximate surface area is 65.5 Å². The van der Waals surface area contributed by atoms with Gasteiger partial charge in [0.15, 0.2) is 0 Å². The zero-order chi connectivity index (χ0) is 7.84. The molecule has 11 heavy (non-hydrogen) atoms. The molecule has 0 aliphatic carbocycles. The van der Waals surface area contributed by atoms with Crippen molar-refractivity contribution in [1.82, 2.24) is 9.38 Å². The van der Waals surface area contributed by atoms with Crippen LogP contribution in [0.25, 0.3) is 5.65 Å². The standard InChI is InChI=1S/C9H10N2/c1-7-8(2)11-6-4-3-5-9(11)10-7/h3-6H,1-2H3. The number of imidazole rings is 1. The van der Waals surface area contributed by atoms with Crippen LogP contribution in [0.4, 0.5) is 0 Å². The first kappa shape index (κ1) is 6.40. The monoisotopic (exact) mass is 146 g/mol. The second-order valence-corrected chi connectivity index (χ2v) is 2.71. The largest absolute Gasteiger partial charge is 0.304 e. The molecular formula is C9H10N2. The number of aromatic nitrogens is 2. The molecule has 0 spiro atoms. The van der Waals surface area contributed by atoms with Crippen molar-refractivity contribution in [2.45, 2.75) is 13.8 Å². The molecule has 2 aromatic rings. The summed E-state index contributed by atoms with van der Waals surface area (Å²) in [6.45, 7) is 4.11. The molecule has 0 aliphatic rings. The Balaban J connectivity index is 2.92. The van der Waals surface area contributed by atoms with Gasteiger partial charge in [0.2, 0.25) is 0 Å². The molecule has 0 radical (unpaired) electrons. The van der Waals surface area contributed by atoms with Crippen LogP contribution in [-0.4, -0.2) is 9.38 Å². The number of nitrogens with zero attached hydrogens (tertiary/aromatic N) is 2. The predicted molar refractivity (Wildman–Crippen MR) is 44.7 cm³/mol. The lowest BCUT2D eigenvalue weighted by Gasteiger charge is -1.92. The van der Waals surface area contributed by atoms with E-state index in [-0.39, 0.29) is 0 Å². The van der Waals surface area contributed by atoms with Crippen LogP contribution >= 0.6 is 0 Å². The molecule has 2 rings (SSSR count). The van der Waals surface area contributed by atoms with Crippen LogP contribution in [0.2, 0.25) is 0 Å². The molecule has 2 aromatic heterocycles. The van der Waals surface area contributed by atoms with Gasteiger partial charge in [0.1, 0.15) is 5.65 Å². The Morgan fingerprint density at radius 3 is 2.82 bits per heavy atom. The molecule has 0 fully saturated rings. The smallest absolute Gasteiger partial charge is 0.137 e. The molecule has 0 saturated heterocycles. The maximum absolute atomic E-state index is 4.38. The van der Waals surface area contributed by atoms with E-state index in [9.17, 15) is 0 Å². The van der Waals surface area contributed by atoms with E-state index in [2.05, 4.69) is 16.3 Å². The summed E-state index contributed by atoms with van der Waals surface area (Å²) >= 11 is 0. The summed E-state index contributed by atoms with van der Waals surface area (Å²) in [5.41, 5.74) is 3.36. The third-order valence-electron chi connectivity index (χ3n) is 2.01. The zero-order valence-corrected chi connectivity index (χ0v) is 6.70. The quantitative estimate of drug-likeness (QED) is 0.555. The Bertz CT molecular complexity index is 387. The molecule has 0 bridgehead atoms. The summed E-state index contributed by atoms with van der Waals surface area (Å²) < 4.78 is 2.09. The third-order valence-corrected chi connectivity index (χ3v) is 2.01. The van der Waals surface area contributed by atoms with Crippen LogP contribution in [-0.2, 0) is 0 Å². The minimum absolute atomic E-state index is 1.03. The van der Waals surface area contributed by atoms with Gasteiger partial charge in [0.25, 0.3) is 0 Å². The molecule has 0 N–H and O–H groups in total. The molecule has 0 atom stereocenters. The van der Waals surface area contributed by atoms with Gasteiger partial charge in [0, 0.05) is 11.9 Å². The molecule has 56 valence electrons. The summed E-state index contributed by atoms with van der Waals surface area (Å²) in [6, 6.07) is 6.03. The summed E-state index contributed by atoms with van der Waals surface area (Å²) in [7, 11) is 0. The molecule has 0 saturated carbocycles. The second-order valence-electron chi connectivity index (χ2n) is 2.71. The molecule has 0 aliphatic heterocycles. The number of fused-ring (bicyclic) bond motifs is 1. The summed E-state index contributed by atoms with van der Waals surface area (Å²) in [5, 5.41) is 0. The van der Waals surface area contributed by atoms with Crippen LogP contribution in [0.3, 0.4) is 0 Å². The summed E-state index contributed by atoms with van der Waals surface area (Å²) in [6.07, 6.45) is 2.03. The predicted octanol–water partition coefficient (Wildman–Crippen LogP) is 1.95.